The number of piperidine rings is 1. The zero-order chi connectivity index (χ0) is 20.4. The molecule has 2 saturated carbocycles. The van der Waals surface area contributed by atoms with Gasteiger partial charge < -0.3 is 9.47 Å². The summed E-state index contributed by atoms with van der Waals surface area (Å²) in [6.45, 7) is 10.8. The van der Waals surface area contributed by atoms with Crippen LogP contribution in [0.4, 0.5) is 0 Å². The zero-order valence-corrected chi connectivity index (χ0v) is 19.1. The molecule has 0 aromatic carbocycles. The van der Waals surface area contributed by atoms with E-state index >= 15 is 0 Å². The summed E-state index contributed by atoms with van der Waals surface area (Å²) in [7, 11) is 0. The van der Waals surface area contributed by atoms with Crippen molar-refractivity contribution in [2.24, 2.45) is 5.92 Å². The van der Waals surface area contributed by atoms with E-state index in [-0.39, 0.29) is 18.1 Å². The molecule has 1 radical (unpaired) electrons. The van der Waals surface area contributed by atoms with Gasteiger partial charge >= 0.3 is 0 Å². The second kappa shape index (κ2) is 8.91. The summed E-state index contributed by atoms with van der Waals surface area (Å²) in [5, 5.41) is 14.9. The van der Waals surface area contributed by atoms with Crippen molar-refractivity contribution in [3.05, 3.63) is 0 Å². The topological polar surface area (TPSA) is 41.6 Å². The lowest BCUT2D eigenvalue weighted by atomic mass is 9.67. The van der Waals surface area contributed by atoms with Gasteiger partial charge in [-0.25, -0.2) is 0 Å². The first-order valence-corrected chi connectivity index (χ1v) is 12.1. The van der Waals surface area contributed by atoms with E-state index in [4.69, 9.17) is 9.47 Å². The Kier molecular flexibility index (Phi) is 7.17. The zero-order valence-electron chi connectivity index (χ0n) is 19.1. The third-order valence-corrected chi connectivity index (χ3v) is 8.49. The van der Waals surface area contributed by atoms with Crippen LogP contribution in [0.5, 0.6) is 0 Å². The highest BCUT2D eigenvalue weighted by Crippen LogP contribution is 2.53. The maximum Gasteiger partial charge on any atom is 0.175 e. The molecule has 2 aliphatic carbocycles. The Balaban J connectivity index is 1.95. The molecule has 1 aliphatic heterocycles. The highest BCUT2D eigenvalue weighted by Gasteiger charge is 2.62. The lowest BCUT2D eigenvalue weighted by Crippen LogP contribution is -2.72. The van der Waals surface area contributed by atoms with E-state index in [1.807, 2.05) is 0 Å². The van der Waals surface area contributed by atoms with E-state index in [1.54, 1.807) is 0 Å². The third kappa shape index (κ3) is 4.17. The second-order valence-electron chi connectivity index (χ2n) is 10.3. The molecule has 3 fully saturated rings. The first-order chi connectivity index (χ1) is 13.3. The monoisotopic (exact) mass is 394 g/mol. The van der Waals surface area contributed by atoms with Crippen molar-refractivity contribution in [2.75, 3.05) is 0 Å². The smallest absolute Gasteiger partial charge is 0.175 e. The van der Waals surface area contributed by atoms with Gasteiger partial charge in [-0.3, -0.25) is 0 Å². The normalized spacial score (nSPS) is 38.6. The van der Waals surface area contributed by atoms with Crippen LogP contribution in [0.2, 0.25) is 0 Å². The van der Waals surface area contributed by atoms with Crippen LogP contribution in [0.25, 0.3) is 0 Å². The van der Waals surface area contributed by atoms with Crippen molar-refractivity contribution in [3.63, 3.8) is 0 Å². The van der Waals surface area contributed by atoms with Gasteiger partial charge in [-0.1, -0.05) is 59.3 Å². The molecule has 0 aromatic heterocycles. The van der Waals surface area contributed by atoms with Gasteiger partial charge in [0, 0.05) is 12.3 Å². The molecule has 3 unspecified atom stereocenters. The van der Waals surface area contributed by atoms with Gasteiger partial charge in [0.1, 0.15) is 0 Å². The van der Waals surface area contributed by atoms with Gasteiger partial charge in [0.2, 0.25) is 0 Å². The Bertz CT molecular complexity index is 480. The van der Waals surface area contributed by atoms with Crippen LogP contribution in [0, 0.1) is 5.92 Å². The molecule has 0 aromatic rings. The summed E-state index contributed by atoms with van der Waals surface area (Å²) < 4.78 is 14.0. The van der Waals surface area contributed by atoms with Gasteiger partial charge in [0.25, 0.3) is 0 Å². The van der Waals surface area contributed by atoms with Crippen molar-refractivity contribution in [2.45, 2.75) is 147 Å². The number of nitrogens with zero attached hydrogens (tertiary/aromatic N) is 1. The molecule has 28 heavy (non-hydrogen) atoms. The SMILES string of the molecule is CCC1(C)CC(OC2CCCCC2)(OC2CCCCC2)C(C)C(C)(CC)N1[O]. The van der Waals surface area contributed by atoms with E-state index in [9.17, 15) is 5.21 Å². The highest BCUT2D eigenvalue weighted by molar-refractivity contribution is 5.08. The predicted octanol–water partition coefficient (Wildman–Crippen LogP) is 6.41. The summed E-state index contributed by atoms with van der Waals surface area (Å²) in [6, 6.07) is 0. The average Bonchev–Trinajstić information content (AvgIpc) is 2.72. The van der Waals surface area contributed by atoms with Crippen molar-refractivity contribution in [1.29, 1.82) is 0 Å². The number of rotatable bonds is 6. The molecular formula is C24H44NO3. The minimum absolute atomic E-state index is 0.0472. The molecule has 3 aliphatic rings. The summed E-state index contributed by atoms with van der Waals surface area (Å²) in [4.78, 5) is 0. The molecule has 4 nitrogen and oxygen atoms in total. The number of hydrogen-bond donors (Lipinski definition) is 0. The molecule has 0 spiro atoms. The van der Waals surface area contributed by atoms with Gasteiger partial charge in [-0.05, 0) is 52.4 Å². The fourth-order valence-corrected chi connectivity index (χ4v) is 5.99. The molecule has 0 bridgehead atoms. The Hall–Kier alpha value is -0.160. The van der Waals surface area contributed by atoms with Crippen LogP contribution in [-0.2, 0) is 14.7 Å². The van der Waals surface area contributed by atoms with Crippen molar-refractivity contribution < 1.29 is 14.7 Å². The summed E-state index contributed by atoms with van der Waals surface area (Å²) in [5.74, 6) is -0.591. The predicted molar refractivity (Wildman–Crippen MR) is 112 cm³/mol. The quantitative estimate of drug-likeness (QED) is 0.489. The number of hydroxylamine groups is 2. The number of ether oxygens (including phenoxy) is 2. The van der Waals surface area contributed by atoms with Crippen molar-refractivity contribution >= 4 is 0 Å². The standard InChI is InChI=1S/C24H44NO3/c1-6-22(4)18-24(27-20-14-10-8-11-15-20,28-21-16-12-9-13-17-21)19(3)23(5,7-2)25(22)26/h19-21H,6-18H2,1-5H3. The Morgan fingerprint density at radius 2 is 1.29 bits per heavy atom. The molecule has 163 valence electrons. The van der Waals surface area contributed by atoms with Crippen LogP contribution in [0.1, 0.15) is 118 Å². The van der Waals surface area contributed by atoms with Crippen LogP contribution in [-0.4, -0.2) is 34.1 Å². The first-order valence-electron chi connectivity index (χ1n) is 12.1. The largest absolute Gasteiger partial charge is 0.346 e. The number of hydrogen-bond acceptors (Lipinski definition) is 3. The maximum atomic E-state index is 13.5. The summed E-state index contributed by atoms with van der Waals surface area (Å²) >= 11 is 0. The van der Waals surface area contributed by atoms with E-state index in [2.05, 4.69) is 34.6 Å². The van der Waals surface area contributed by atoms with Gasteiger partial charge in [0.15, 0.2) is 5.79 Å². The Morgan fingerprint density at radius 3 is 1.68 bits per heavy atom. The molecule has 0 N–H and O–H groups in total. The van der Waals surface area contributed by atoms with Crippen molar-refractivity contribution in [3.8, 4) is 0 Å². The molecule has 1 saturated heterocycles. The summed E-state index contributed by atoms with van der Waals surface area (Å²) in [5.41, 5.74) is -0.910. The van der Waals surface area contributed by atoms with E-state index in [0.717, 1.165) is 38.5 Å². The molecule has 0 amide bonds. The Labute approximate surface area is 173 Å². The third-order valence-electron chi connectivity index (χ3n) is 8.49. The van der Waals surface area contributed by atoms with Crippen LogP contribution >= 0.6 is 0 Å². The summed E-state index contributed by atoms with van der Waals surface area (Å²) in [6.07, 6.45) is 15.1. The molecular weight excluding hydrogens is 350 g/mol. The highest BCUT2D eigenvalue weighted by atomic mass is 16.7. The maximum absolute atomic E-state index is 13.5. The van der Waals surface area contributed by atoms with Crippen LogP contribution in [0.3, 0.4) is 0 Å². The van der Waals surface area contributed by atoms with Gasteiger partial charge in [-0.2, -0.15) is 0 Å². The van der Waals surface area contributed by atoms with E-state index in [0.29, 0.717) is 6.42 Å². The lowest BCUT2D eigenvalue weighted by molar-refractivity contribution is -0.407. The van der Waals surface area contributed by atoms with Crippen LogP contribution in [0.15, 0.2) is 0 Å². The van der Waals surface area contributed by atoms with Gasteiger partial charge in [-0.15, -0.1) is 10.3 Å². The van der Waals surface area contributed by atoms with Crippen LogP contribution < -0.4 is 0 Å². The lowest BCUT2D eigenvalue weighted by Gasteiger charge is -2.61. The minimum atomic E-state index is -0.638. The fraction of sp³-hybridized carbons (Fsp3) is 1.00. The molecule has 3 atom stereocenters. The average molecular weight is 395 g/mol. The van der Waals surface area contributed by atoms with Crippen molar-refractivity contribution in [1.82, 2.24) is 5.06 Å². The van der Waals surface area contributed by atoms with E-state index < -0.39 is 16.9 Å². The first kappa shape index (κ1) is 22.5. The molecule has 3 rings (SSSR count). The fourth-order valence-electron chi connectivity index (χ4n) is 5.99. The molecule has 4 heteroatoms. The Morgan fingerprint density at radius 1 is 0.821 bits per heavy atom. The second-order valence-corrected chi connectivity index (χ2v) is 10.3. The minimum Gasteiger partial charge on any atom is -0.346 e. The van der Waals surface area contributed by atoms with E-state index in [1.165, 1.54) is 43.6 Å². The van der Waals surface area contributed by atoms with Gasteiger partial charge in [0.05, 0.1) is 23.3 Å². The molecule has 1 heterocycles.